The van der Waals surface area contributed by atoms with E-state index in [0.29, 0.717) is 5.88 Å². The molecular formula is C25H22N2O2. The zero-order valence-corrected chi connectivity index (χ0v) is 15.9. The van der Waals surface area contributed by atoms with E-state index >= 15 is 0 Å². The van der Waals surface area contributed by atoms with E-state index in [9.17, 15) is 0 Å². The standard InChI is InChI=1S/C25H22N2O2/c26-25-16-23(21-17-28-24-14-8-7-13-20(21)24)27(29-25)22(19-11-5-2-6-12-19)15-18-9-3-1-4-10-18/h1-14,16-17,22-23H,15,26H2. The number of hydroxylamine groups is 2. The molecule has 4 nitrogen and oxygen atoms in total. The molecule has 0 spiro atoms. The summed E-state index contributed by atoms with van der Waals surface area (Å²) in [5.41, 5.74) is 10.5. The zero-order valence-electron chi connectivity index (χ0n) is 15.9. The fourth-order valence-electron chi connectivity index (χ4n) is 4.02. The molecule has 1 aliphatic heterocycles. The van der Waals surface area contributed by atoms with Crippen molar-refractivity contribution in [3.63, 3.8) is 0 Å². The molecule has 2 atom stereocenters. The summed E-state index contributed by atoms with van der Waals surface area (Å²) in [7, 11) is 0. The molecule has 3 aromatic carbocycles. The smallest absolute Gasteiger partial charge is 0.207 e. The number of hydrogen-bond donors (Lipinski definition) is 1. The van der Waals surface area contributed by atoms with Crippen LogP contribution < -0.4 is 5.73 Å². The topological polar surface area (TPSA) is 51.6 Å². The lowest BCUT2D eigenvalue weighted by Gasteiger charge is -2.31. The Bertz CT molecular complexity index is 1140. The number of hydrogen-bond acceptors (Lipinski definition) is 4. The summed E-state index contributed by atoms with van der Waals surface area (Å²) < 4.78 is 5.80. The first-order valence-corrected chi connectivity index (χ1v) is 9.78. The van der Waals surface area contributed by atoms with Crippen LogP contribution >= 0.6 is 0 Å². The van der Waals surface area contributed by atoms with Crippen molar-refractivity contribution in [3.05, 3.63) is 120 Å². The van der Waals surface area contributed by atoms with Crippen molar-refractivity contribution in [2.24, 2.45) is 5.73 Å². The molecule has 0 aliphatic carbocycles. The zero-order chi connectivity index (χ0) is 19.6. The van der Waals surface area contributed by atoms with E-state index in [1.807, 2.05) is 47.7 Å². The Hall–Kier alpha value is -3.50. The number of furan rings is 1. The number of nitrogens with zero attached hydrogens (tertiary/aromatic N) is 1. The van der Waals surface area contributed by atoms with E-state index in [1.165, 1.54) is 11.1 Å². The second-order valence-electron chi connectivity index (χ2n) is 7.27. The Morgan fingerprint density at radius 1 is 0.862 bits per heavy atom. The molecule has 5 rings (SSSR count). The molecule has 0 saturated heterocycles. The van der Waals surface area contributed by atoms with Crippen LogP contribution in [0.15, 0.2) is 108 Å². The fourth-order valence-corrected chi connectivity index (χ4v) is 4.02. The van der Waals surface area contributed by atoms with E-state index < -0.39 is 0 Å². The van der Waals surface area contributed by atoms with Crippen LogP contribution in [0, 0.1) is 0 Å². The monoisotopic (exact) mass is 382 g/mol. The summed E-state index contributed by atoms with van der Waals surface area (Å²) in [4.78, 5) is 6.07. The number of para-hydroxylation sites is 1. The van der Waals surface area contributed by atoms with Gasteiger partial charge >= 0.3 is 0 Å². The molecule has 2 heterocycles. The second kappa shape index (κ2) is 7.49. The first-order valence-electron chi connectivity index (χ1n) is 9.78. The Morgan fingerprint density at radius 2 is 1.55 bits per heavy atom. The minimum absolute atomic E-state index is 0.00503. The van der Waals surface area contributed by atoms with Crippen molar-refractivity contribution in [3.8, 4) is 0 Å². The third-order valence-electron chi connectivity index (χ3n) is 5.40. The van der Waals surface area contributed by atoms with Gasteiger partial charge in [-0.2, -0.15) is 0 Å². The number of rotatable bonds is 5. The minimum Gasteiger partial charge on any atom is -0.464 e. The molecule has 144 valence electrons. The summed E-state index contributed by atoms with van der Waals surface area (Å²) in [5, 5.41) is 3.07. The van der Waals surface area contributed by atoms with Crippen molar-refractivity contribution in [2.75, 3.05) is 0 Å². The summed E-state index contributed by atoms with van der Waals surface area (Å²) >= 11 is 0. The third kappa shape index (κ3) is 3.39. The quantitative estimate of drug-likeness (QED) is 0.495. The van der Waals surface area contributed by atoms with E-state index in [1.54, 1.807) is 0 Å². The maximum Gasteiger partial charge on any atom is 0.207 e. The Balaban J connectivity index is 1.57. The Kier molecular flexibility index (Phi) is 4.54. The Labute approximate surface area is 169 Å². The maximum absolute atomic E-state index is 6.14. The summed E-state index contributed by atoms with van der Waals surface area (Å²) in [6.45, 7) is 0. The summed E-state index contributed by atoms with van der Waals surface area (Å²) in [6, 6.07) is 28.8. The summed E-state index contributed by atoms with van der Waals surface area (Å²) in [5.74, 6) is 0.411. The Morgan fingerprint density at radius 3 is 2.34 bits per heavy atom. The van der Waals surface area contributed by atoms with Gasteiger partial charge in [-0.05, 0) is 23.6 Å². The van der Waals surface area contributed by atoms with Gasteiger partial charge < -0.3 is 15.0 Å². The van der Waals surface area contributed by atoms with Crippen LogP contribution in [-0.2, 0) is 11.3 Å². The highest BCUT2D eigenvalue weighted by molar-refractivity contribution is 5.81. The van der Waals surface area contributed by atoms with Gasteiger partial charge in [-0.25, -0.2) is 0 Å². The van der Waals surface area contributed by atoms with Crippen LogP contribution in [0.4, 0.5) is 0 Å². The molecule has 29 heavy (non-hydrogen) atoms. The highest BCUT2D eigenvalue weighted by atomic mass is 16.7. The predicted molar refractivity (Wildman–Crippen MR) is 113 cm³/mol. The molecule has 4 aromatic rings. The molecule has 2 unspecified atom stereocenters. The van der Waals surface area contributed by atoms with E-state index in [4.69, 9.17) is 15.0 Å². The molecule has 1 aromatic heterocycles. The molecule has 0 bridgehead atoms. The first-order chi connectivity index (χ1) is 14.3. The van der Waals surface area contributed by atoms with Crippen LogP contribution in [0.25, 0.3) is 11.0 Å². The lowest BCUT2D eigenvalue weighted by molar-refractivity contribution is -0.154. The maximum atomic E-state index is 6.14. The van der Waals surface area contributed by atoms with Crippen LogP contribution in [0.3, 0.4) is 0 Å². The average Bonchev–Trinajstić information content (AvgIpc) is 3.36. The van der Waals surface area contributed by atoms with Gasteiger partial charge in [0, 0.05) is 17.0 Å². The van der Waals surface area contributed by atoms with Crippen molar-refractivity contribution in [1.82, 2.24) is 5.06 Å². The lowest BCUT2D eigenvalue weighted by atomic mass is 9.96. The fraction of sp³-hybridized carbons (Fsp3) is 0.120. The van der Waals surface area contributed by atoms with Gasteiger partial charge in [0.1, 0.15) is 5.58 Å². The third-order valence-corrected chi connectivity index (χ3v) is 5.40. The van der Waals surface area contributed by atoms with Crippen molar-refractivity contribution < 1.29 is 9.25 Å². The SMILES string of the molecule is NC1=CC(c2coc3ccccc23)N(C(Cc2ccccc2)c2ccccc2)O1. The van der Waals surface area contributed by atoms with Crippen molar-refractivity contribution in [1.29, 1.82) is 0 Å². The normalized spacial score (nSPS) is 17.8. The van der Waals surface area contributed by atoms with Crippen molar-refractivity contribution >= 4 is 11.0 Å². The van der Waals surface area contributed by atoms with Crippen molar-refractivity contribution in [2.45, 2.75) is 18.5 Å². The average molecular weight is 382 g/mol. The van der Waals surface area contributed by atoms with Gasteiger partial charge in [-0.3, -0.25) is 0 Å². The minimum atomic E-state index is -0.132. The number of fused-ring (bicyclic) bond motifs is 1. The number of nitrogens with two attached hydrogens (primary N) is 1. The van der Waals surface area contributed by atoms with Crippen LogP contribution in [0.5, 0.6) is 0 Å². The molecule has 4 heteroatoms. The highest BCUT2D eigenvalue weighted by Gasteiger charge is 2.36. The lowest BCUT2D eigenvalue weighted by Crippen LogP contribution is -2.30. The van der Waals surface area contributed by atoms with Gasteiger partial charge in [0.2, 0.25) is 5.88 Å². The predicted octanol–water partition coefficient (Wildman–Crippen LogP) is 5.51. The van der Waals surface area contributed by atoms with Crippen LogP contribution in [0.2, 0.25) is 0 Å². The molecule has 0 radical (unpaired) electrons. The van der Waals surface area contributed by atoms with E-state index in [-0.39, 0.29) is 12.1 Å². The van der Waals surface area contributed by atoms with Gasteiger partial charge in [-0.1, -0.05) is 78.9 Å². The highest BCUT2D eigenvalue weighted by Crippen LogP contribution is 2.41. The second-order valence-corrected chi connectivity index (χ2v) is 7.27. The molecule has 2 N–H and O–H groups in total. The molecule has 0 amide bonds. The van der Waals surface area contributed by atoms with Gasteiger partial charge in [-0.15, -0.1) is 5.06 Å². The molecule has 0 fully saturated rings. The van der Waals surface area contributed by atoms with E-state index in [0.717, 1.165) is 23.0 Å². The van der Waals surface area contributed by atoms with Gasteiger partial charge in [0.15, 0.2) is 0 Å². The number of benzene rings is 3. The molecule has 0 saturated carbocycles. The summed E-state index contributed by atoms with van der Waals surface area (Å²) in [6.07, 6.45) is 4.57. The molecular weight excluding hydrogens is 360 g/mol. The van der Waals surface area contributed by atoms with E-state index in [2.05, 4.69) is 54.6 Å². The largest absolute Gasteiger partial charge is 0.464 e. The molecule has 1 aliphatic rings. The van der Waals surface area contributed by atoms with Gasteiger partial charge in [0.25, 0.3) is 0 Å². The van der Waals surface area contributed by atoms with Crippen LogP contribution in [0.1, 0.15) is 28.8 Å². The first kappa shape index (κ1) is 17.6. The van der Waals surface area contributed by atoms with Crippen LogP contribution in [-0.4, -0.2) is 5.06 Å². The van der Waals surface area contributed by atoms with Gasteiger partial charge in [0.05, 0.1) is 18.3 Å².